The zero-order chi connectivity index (χ0) is 20.0. The summed E-state index contributed by atoms with van der Waals surface area (Å²) in [6, 6.07) is 3.60. The Balaban J connectivity index is 2.26. The van der Waals surface area contributed by atoms with Gasteiger partial charge in [0, 0.05) is 18.2 Å². The molecule has 0 spiro atoms. The minimum atomic E-state index is -0.250. The van der Waals surface area contributed by atoms with E-state index in [-0.39, 0.29) is 11.1 Å². The fraction of sp³-hybridized carbons (Fsp3) is 0.400. The number of amides is 2. The van der Waals surface area contributed by atoms with Gasteiger partial charge in [0.15, 0.2) is 0 Å². The van der Waals surface area contributed by atoms with Gasteiger partial charge < -0.3 is 9.47 Å². The normalized spacial score (nSPS) is 15.4. The number of unbranched alkanes of at least 4 members (excludes halogenated alkanes) is 1. The third-order valence-electron chi connectivity index (χ3n) is 3.91. The fourth-order valence-corrected chi connectivity index (χ4v) is 3.73. The van der Waals surface area contributed by atoms with E-state index in [9.17, 15) is 9.59 Å². The highest BCUT2D eigenvalue weighted by Gasteiger charge is 2.34. The highest BCUT2D eigenvalue weighted by Crippen LogP contribution is 2.38. The maximum atomic E-state index is 12.5. The summed E-state index contributed by atoms with van der Waals surface area (Å²) >= 11 is 4.46. The number of imide groups is 1. The summed E-state index contributed by atoms with van der Waals surface area (Å²) in [4.78, 5) is 26.3. The molecular formula is C20H24BrNO4S. The smallest absolute Gasteiger partial charge is 0.293 e. The third kappa shape index (κ3) is 5.62. The Bertz CT molecular complexity index is 784. The number of carbonyl (C=O) groups is 2. The molecule has 0 atom stereocenters. The van der Waals surface area contributed by atoms with Gasteiger partial charge in [0.2, 0.25) is 0 Å². The molecule has 1 heterocycles. The van der Waals surface area contributed by atoms with Crippen LogP contribution in [0.2, 0.25) is 0 Å². The van der Waals surface area contributed by atoms with Crippen molar-refractivity contribution in [3.63, 3.8) is 0 Å². The number of carbonyl (C=O) groups excluding carboxylic acids is 2. The molecule has 146 valence electrons. The zero-order valence-corrected chi connectivity index (χ0v) is 18.4. The molecule has 2 amide bonds. The SMILES string of the molecule is CCCCN1C(=O)S/C(=C\c2cc(Br)c(OCC=C(C)C)cc2OC)C1=O. The van der Waals surface area contributed by atoms with Crippen molar-refractivity contribution in [1.29, 1.82) is 0 Å². The van der Waals surface area contributed by atoms with Gasteiger partial charge >= 0.3 is 0 Å². The maximum absolute atomic E-state index is 12.5. The Labute approximate surface area is 172 Å². The van der Waals surface area contributed by atoms with Crippen LogP contribution in [0.1, 0.15) is 39.2 Å². The molecule has 2 rings (SSSR count). The monoisotopic (exact) mass is 453 g/mol. The molecule has 0 N–H and O–H groups in total. The Kier molecular flexibility index (Phi) is 7.98. The van der Waals surface area contributed by atoms with Crippen molar-refractivity contribution in [2.24, 2.45) is 0 Å². The maximum Gasteiger partial charge on any atom is 0.293 e. The predicted octanol–water partition coefficient (Wildman–Crippen LogP) is 5.64. The van der Waals surface area contributed by atoms with Crippen molar-refractivity contribution in [2.75, 3.05) is 20.3 Å². The molecule has 0 aromatic heterocycles. The number of ether oxygens (including phenoxy) is 2. The van der Waals surface area contributed by atoms with Gasteiger partial charge in [-0.15, -0.1) is 0 Å². The van der Waals surface area contributed by atoms with E-state index in [0.717, 1.165) is 29.1 Å². The van der Waals surface area contributed by atoms with E-state index in [2.05, 4.69) is 15.9 Å². The van der Waals surface area contributed by atoms with Crippen LogP contribution in [0.4, 0.5) is 4.79 Å². The molecule has 1 aliphatic heterocycles. The molecule has 1 aromatic carbocycles. The summed E-state index contributed by atoms with van der Waals surface area (Å²) in [6.07, 6.45) is 5.41. The molecular weight excluding hydrogens is 430 g/mol. The lowest BCUT2D eigenvalue weighted by Crippen LogP contribution is -2.29. The van der Waals surface area contributed by atoms with Crippen LogP contribution in [0.5, 0.6) is 11.5 Å². The van der Waals surface area contributed by atoms with Gasteiger partial charge in [-0.05, 0) is 66.2 Å². The van der Waals surface area contributed by atoms with Gasteiger partial charge in [-0.2, -0.15) is 0 Å². The van der Waals surface area contributed by atoms with Crippen LogP contribution in [-0.4, -0.2) is 36.3 Å². The summed E-state index contributed by atoms with van der Waals surface area (Å²) in [7, 11) is 1.56. The number of methoxy groups -OCH3 is 1. The first kappa shape index (κ1) is 21.6. The predicted molar refractivity (Wildman–Crippen MR) is 113 cm³/mol. The topological polar surface area (TPSA) is 55.8 Å². The summed E-state index contributed by atoms with van der Waals surface area (Å²) in [6.45, 7) is 6.96. The summed E-state index contributed by atoms with van der Waals surface area (Å²) < 4.78 is 12.0. The standard InChI is InChI=1S/C20H24BrNO4S/c1-5-6-8-22-19(23)18(27-20(22)24)11-14-10-15(21)17(12-16(14)25-4)26-9-7-13(2)3/h7,10-12H,5-6,8-9H2,1-4H3/b18-11-. The first-order chi connectivity index (χ1) is 12.9. The van der Waals surface area contributed by atoms with Gasteiger partial charge in [0.1, 0.15) is 18.1 Å². The van der Waals surface area contributed by atoms with E-state index in [1.807, 2.05) is 32.9 Å². The first-order valence-electron chi connectivity index (χ1n) is 8.76. The summed E-state index contributed by atoms with van der Waals surface area (Å²) in [5.74, 6) is 0.976. The minimum Gasteiger partial charge on any atom is -0.496 e. The van der Waals surface area contributed by atoms with E-state index in [1.54, 1.807) is 19.3 Å². The minimum absolute atomic E-state index is 0.223. The van der Waals surface area contributed by atoms with Gasteiger partial charge in [0.25, 0.3) is 11.1 Å². The molecule has 0 aliphatic carbocycles. The zero-order valence-electron chi connectivity index (χ0n) is 16.0. The van der Waals surface area contributed by atoms with E-state index in [0.29, 0.717) is 35.1 Å². The highest BCUT2D eigenvalue weighted by atomic mass is 79.9. The number of benzene rings is 1. The van der Waals surface area contributed by atoms with Crippen LogP contribution in [0.15, 0.2) is 33.2 Å². The van der Waals surface area contributed by atoms with Crippen LogP contribution in [0.25, 0.3) is 6.08 Å². The van der Waals surface area contributed by atoms with E-state index in [1.165, 1.54) is 10.5 Å². The Morgan fingerprint density at radius 3 is 2.63 bits per heavy atom. The number of thioether (sulfide) groups is 1. The van der Waals surface area contributed by atoms with Crippen molar-refractivity contribution in [1.82, 2.24) is 4.90 Å². The van der Waals surface area contributed by atoms with Crippen molar-refractivity contribution in [3.05, 3.63) is 38.7 Å². The van der Waals surface area contributed by atoms with Crippen LogP contribution < -0.4 is 9.47 Å². The van der Waals surface area contributed by atoms with Crippen LogP contribution >= 0.6 is 27.7 Å². The van der Waals surface area contributed by atoms with Crippen LogP contribution in [0.3, 0.4) is 0 Å². The molecule has 1 aromatic rings. The lowest BCUT2D eigenvalue weighted by Gasteiger charge is -2.12. The second kappa shape index (κ2) is 9.99. The molecule has 7 heteroatoms. The van der Waals surface area contributed by atoms with Gasteiger partial charge in [-0.25, -0.2) is 0 Å². The average Bonchev–Trinajstić information content (AvgIpc) is 2.88. The van der Waals surface area contributed by atoms with Gasteiger partial charge in [-0.1, -0.05) is 18.9 Å². The molecule has 1 saturated heterocycles. The third-order valence-corrected chi connectivity index (χ3v) is 5.44. The van der Waals surface area contributed by atoms with E-state index >= 15 is 0 Å². The van der Waals surface area contributed by atoms with Crippen LogP contribution in [-0.2, 0) is 4.79 Å². The van der Waals surface area contributed by atoms with Crippen molar-refractivity contribution >= 4 is 44.9 Å². The van der Waals surface area contributed by atoms with Gasteiger partial charge in [0.05, 0.1) is 16.5 Å². The van der Waals surface area contributed by atoms with E-state index < -0.39 is 0 Å². The summed E-state index contributed by atoms with van der Waals surface area (Å²) in [5, 5.41) is -0.223. The molecule has 1 aliphatic rings. The van der Waals surface area contributed by atoms with Crippen molar-refractivity contribution in [3.8, 4) is 11.5 Å². The lowest BCUT2D eigenvalue weighted by molar-refractivity contribution is -0.122. The molecule has 0 radical (unpaired) electrons. The molecule has 1 fully saturated rings. The van der Waals surface area contributed by atoms with Crippen molar-refractivity contribution < 1.29 is 19.1 Å². The summed E-state index contributed by atoms with van der Waals surface area (Å²) in [5.41, 5.74) is 1.88. The average molecular weight is 454 g/mol. The quantitative estimate of drug-likeness (QED) is 0.376. The van der Waals surface area contributed by atoms with Crippen LogP contribution in [0, 0.1) is 0 Å². The molecule has 0 unspecified atom stereocenters. The van der Waals surface area contributed by atoms with Crippen molar-refractivity contribution in [2.45, 2.75) is 33.6 Å². The molecule has 0 bridgehead atoms. The Hall–Kier alpha value is -1.73. The molecule has 5 nitrogen and oxygen atoms in total. The highest BCUT2D eigenvalue weighted by molar-refractivity contribution is 9.10. The second-order valence-corrected chi connectivity index (χ2v) is 8.15. The number of hydrogen-bond donors (Lipinski definition) is 0. The lowest BCUT2D eigenvalue weighted by atomic mass is 10.1. The second-order valence-electron chi connectivity index (χ2n) is 6.30. The number of rotatable bonds is 8. The fourth-order valence-electron chi connectivity index (χ4n) is 2.40. The molecule has 0 saturated carbocycles. The number of hydrogen-bond acceptors (Lipinski definition) is 5. The Morgan fingerprint density at radius 2 is 2.00 bits per heavy atom. The number of allylic oxidation sites excluding steroid dienone is 1. The first-order valence-corrected chi connectivity index (χ1v) is 10.4. The number of nitrogens with zero attached hydrogens (tertiary/aromatic N) is 1. The Morgan fingerprint density at radius 1 is 1.26 bits per heavy atom. The number of halogens is 1. The van der Waals surface area contributed by atoms with E-state index in [4.69, 9.17) is 9.47 Å². The largest absolute Gasteiger partial charge is 0.496 e. The molecule has 27 heavy (non-hydrogen) atoms. The van der Waals surface area contributed by atoms with Gasteiger partial charge in [-0.3, -0.25) is 14.5 Å².